The van der Waals surface area contributed by atoms with E-state index in [1.54, 1.807) is 0 Å². The summed E-state index contributed by atoms with van der Waals surface area (Å²) in [6, 6.07) is 4.18. The Morgan fingerprint density at radius 2 is 1.46 bits per heavy atom. The van der Waals surface area contributed by atoms with E-state index in [0.717, 1.165) is 11.5 Å². The van der Waals surface area contributed by atoms with Crippen molar-refractivity contribution in [3.05, 3.63) is 12.1 Å². The van der Waals surface area contributed by atoms with Crippen molar-refractivity contribution >= 4 is 23.5 Å². The molecule has 0 radical (unpaired) electrons. The molecular weight excluding hydrogens is 204 g/mol. The van der Waals surface area contributed by atoms with Gasteiger partial charge in [0.15, 0.2) is 11.5 Å². The van der Waals surface area contributed by atoms with Crippen molar-refractivity contribution in [1.29, 1.82) is 0 Å². The zero-order chi connectivity index (χ0) is 8.67. The standard InChI is InChI=1S/C9H8O2S2/c1-2-13-9-4-7-6(10-5-11-7)3-8(9)12-1/h3-4H,1-2,5H2. The minimum Gasteiger partial charge on any atom is -0.454 e. The highest BCUT2D eigenvalue weighted by atomic mass is 32.2. The van der Waals surface area contributed by atoms with Gasteiger partial charge in [0.05, 0.1) is 0 Å². The van der Waals surface area contributed by atoms with Crippen LogP contribution in [0.2, 0.25) is 0 Å². The lowest BCUT2D eigenvalue weighted by atomic mass is 10.3. The molecule has 0 aliphatic carbocycles. The van der Waals surface area contributed by atoms with Gasteiger partial charge >= 0.3 is 0 Å². The lowest BCUT2D eigenvalue weighted by Gasteiger charge is -2.14. The zero-order valence-corrected chi connectivity index (χ0v) is 8.54. The van der Waals surface area contributed by atoms with Gasteiger partial charge in [-0.15, -0.1) is 23.5 Å². The second-order valence-corrected chi connectivity index (χ2v) is 5.12. The molecule has 2 aliphatic heterocycles. The fraction of sp³-hybridized carbons (Fsp3) is 0.333. The molecule has 13 heavy (non-hydrogen) atoms. The lowest BCUT2D eigenvalue weighted by molar-refractivity contribution is 0.174. The molecule has 0 unspecified atom stereocenters. The number of hydrogen-bond acceptors (Lipinski definition) is 4. The van der Waals surface area contributed by atoms with Gasteiger partial charge in [0.1, 0.15) is 0 Å². The van der Waals surface area contributed by atoms with Gasteiger partial charge in [0, 0.05) is 21.3 Å². The molecule has 4 heteroatoms. The van der Waals surface area contributed by atoms with E-state index in [9.17, 15) is 0 Å². The Labute approximate surface area is 85.0 Å². The summed E-state index contributed by atoms with van der Waals surface area (Å²) in [5, 5.41) is 0. The maximum Gasteiger partial charge on any atom is 0.231 e. The first kappa shape index (κ1) is 7.88. The van der Waals surface area contributed by atoms with Gasteiger partial charge in [-0.3, -0.25) is 0 Å². The van der Waals surface area contributed by atoms with E-state index in [1.807, 2.05) is 23.5 Å². The number of ether oxygens (including phenoxy) is 2. The normalized spacial score (nSPS) is 18.5. The second kappa shape index (κ2) is 3.03. The fourth-order valence-electron chi connectivity index (χ4n) is 1.43. The van der Waals surface area contributed by atoms with E-state index in [-0.39, 0.29) is 0 Å². The van der Waals surface area contributed by atoms with Gasteiger partial charge in [-0.05, 0) is 12.1 Å². The minimum atomic E-state index is 0.369. The predicted molar refractivity (Wildman–Crippen MR) is 54.0 cm³/mol. The Morgan fingerprint density at radius 1 is 0.923 bits per heavy atom. The summed E-state index contributed by atoms with van der Waals surface area (Å²) in [7, 11) is 0. The van der Waals surface area contributed by atoms with Crippen molar-refractivity contribution in [2.24, 2.45) is 0 Å². The van der Waals surface area contributed by atoms with Crippen LogP contribution in [-0.2, 0) is 0 Å². The van der Waals surface area contributed by atoms with Gasteiger partial charge in [-0.25, -0.2) is 0 Å². The highest BCUT2D eigenvalue weighted by Gasteiger charge is 2.19. The van der Waals surface area contributed by atoms with Gasteiger partial charge < -0.3 is 9.47 Å². The van der Waals surface area contributed by atoms with Gasteiger partial charge in [0.2, 0.25) is 6.79 Å². The van der Waals surface area contributed by atoms with E-state index in [0.29, 0.717) is 6.79 Å². The Bertz CT molecular complexity index is 319. The number of benzene rings is 1. The molecule has 1 aromatic carbocycles. The highest BCUT2D eigenvalue weighted by molar-refractivity contribution is 8.05. The second-order valence-electron chi connectivity index (χ2n) is 2.85. The van der Waals surface area contributed by atoms with Gasteiger partial charge in [0.25, 0.3) is 0 Å². The van der Waals surface area contributed by atoms with E-state index in [2.05, 4.69) is 12.1 Å². The summed E-state index contributed by atoms with van der Waals surface area (Å²) in [6.45, 7) is 0.369. The summed E-state index contributed by atoms with van der Waals surface area (Å²) < 4.78 is 10.6. The molecule has 2 nitrogen and oxygen atoms in total. The van der Waals surface area contributed by atoms with Crippen molar-refractivity contribution in [2.45, 2.75) is 9.79 Å². The Kier molecular flexibility index (Phi) is 1.84. The Balaban J connectivity index is 2.11. The third-order valence-corrected chi connectivity index (χ3v) is 4.54. The van der Waals surface area contributed by atoms with Crippen LogP contribution in [0.4, 0.5) is 0 Å². The average molecular weight is 212 g/mol. The fourth-order valence-corrected chi connectivity index (χ4v) is 3.68. The molecule has 0 spiro atoms. The Morgan fingerprint density at radius 3 is 2.00 bits per heavy atom. The van der Waals surface area contributed by atoms with Crippen molar-refractivity contribution < 1.29 is 9.47 Å². The first-order chi connectivity index (χ1) is 6.43. The molecule has 68 valence electrons. The van der Waals surface area contributed by atoms with Crippen LogP contribution >= 0.6 is 23.5 Å². The molecular formula is C9H8O2S2. The van der Waals surface area contributed by atoms with Crippen LogP contribution in [0.5, 0.6) is 11.5 Å². The van der Waals surface area contributed by atoms with E-state index < -0.39 is 0 Å². The molecule has 0 fully saturated rings. The summed E-state index contributed by atoms with van der Waals surface area (Å²) >= 11 is 3.80. The van der Waals surface area contributed by atoms with Crippen LogP contribution in [0.25, 0.3) is 0 Å². The van der Waals surface area contributed by atoms with Crippen molar-refractivity contribution in [2.75, 3.05) is 18.3 Å². The van der Waals surface area contributed by atoms with E-state index >= 15 is 0 Å². The monoisotopic (exact) mass is 212 g/mol. The lowest BCUT2D eigenvalue weighted by Crippen LogP contribution is -1.93. The first-order valence-electron chi connectivity index (χ1n) is 4.13. The quantitative estimate of drug-likeness (QED) is 0.657. The van der Waals surface area contributed by atoms with E-state index in [1.165, 1.54) is 21.3 Å². The Hall–Kier alpha value is -0.480. The van der Waals surface area contributed by atoms with Gasteiger partial charge in [-0.2, -0.15) is 0 Å². The number of hydrogen-bond donors (Lipinski definition) is 0. The molecule has 3 rings (SSSR count). The minimum absolute atomic E-state index is 0.369. The zero-order valence-electron chi connectivity index (χ0n) is 6.91. The maximum atomic E-state index is 5.32. The molecule has 0 N–H and O–H groups in total. The summed E-state index contributed by atoms with van der Waals surface area (Å²) in [5.74, 6) is 4.18. The van der Waals surface area contributed by atoms with Crippen LogP contribution in [0.1, 0.15) is 0 Å². The van der Waals surface area contributed by atoms with Crippen LogP contribution in [-0.4, -0.2) is 18.3 Å². The molecule has 0 aromatic heterocycles. The average Bonchev–Trinajstić information content (AvgIpc) is 2.61. The molecule has 1 aromatic rings. The van der Waals surface area contributed by atoms with Crippen LogP contribution in [0.15, 0.2) is 21.9 Å². The third kappa shape index (κ3) is 1.28. The maximum absolute atomic E-state index is 5.32. The smallest absolute Gasteiger partial charge is 0.231 e. The molecule has 0 amide bonds. The highest BCUT2D eigenvalue weighted by Crippen LogP contribution is 2.44. The number of fused-ring (bicyclic) bond motifs is 2. The van der Waals surface area contributed by atoms with Crippen molar-refractivity contribution in [1.82, 2.24) is 0 Å². The topological polar surface area (TPSA) is 18.5 Å². The molecule has 0 saturated carbocycles. The largest absolute Gasteiger partial charge is 0.454 e. The van der Waals surface area contributed by atoms with Crippen molar-refractivity contribution in [3.8, 4) is 11.5 Å². The predicted octanol–water partition coefficient (Wildman–Crippen LogP) is 2.61. The molecule has 2 aliphatic rings. The summed E-state index contributed by atoms with van der Waals surface area (Å²) in [5.41, 5.74) is 0. The van der Waals surface area contributed by atoms with Crippen LogP contribution in [0, 0.1) is 0 Å². The number of rotatable bonds is 0. The van der Waals surface area contributed by atoms with Gasteiger partial charge in [-0.1, -0.05) is 0 Å². The molecule has 0 bridgehead atoms. The van der Waals surface area contributed by atoms with E-state index in [4.69, 9.17) is 9.47 Å². The molecule has 0 saturated heterocycles. The SMILES string of the molecule is c1c2c(cc3c1SCCS3)OCO2. The molecule has 2 heterocycles. The first-order valence-corrected chi connectivity index (χ1v) is 6.10. The van der Waals surface area contributed by atoms with Crippen molar-refractivity contribution in [3.63, 3.8) is 0 Å². The van der Waals surface area contributed by atoms with Crippen LogP contribution < -0.4 is 9.47 Å². The summed E-state index contributed by atoms with van der Waals surface area (Å²) in [6.07, 6.45) is 0. The van der Waals surface area contributed by atoms with Crippen LogP contribution in [0.3, 0.4) is 0 Å². The number of thioether (sulfide) groups is 2. The third-order valence-electron chi connectivity index (χ3n) is 2.04. The molecule has 0 atom stereocenters. The summed E-state index contributed by atoms with van der Waals surface area (Å²) in [4.78, 5) is 2.67.